The number of carbonyl (C=O) groups is 2. The third-order valence-electron chi connectivity index (χ3n) is 5.98. The van der Waals surface area contributed by atoms with E-state index in [-0.39, 0.29) is 12.6 Å². The summed E-state index contributed by atoms with van der Waals surface area (Å²) in [4.78, 5) is 30.1. The van der Waals surface area contributed by atoms with Crippen molar-refractivity contribution in [2.75, 3.05) is 44.2 Å². The molecule has 0 unspecified atom stereocenters. The van der Waals surface area contributed by atoms with Crippen LogP contribution in [0.3, 0.4) is 0 Å². The van der Waals surface area contributed by atoms with E-state index in [2.05, 4.69) is 51.6 Å². The molecule has 0 spiro atoms. The smallest absolute Gasteiger partial charge is 0.338 e. The van der Waals surface area contributed by atoms with Gasteiger partial charge in [-0.1, -0.05) is 41.4 Å². The number of hydrogen-bond acceptors (Lipinski definition) is 5. The predicted molar refractivity (Wildman–Crippen MR) is 129 cm³/mol. The zero-order valence-corrected chi connectivity index (χ0v) is 19.7. The minimum atomic E-state index is -0.625. The lowest BCUT2D eigenvalue weighted by molar-refractivity contribution is -0.139. The summed E-state index contributed by atoms with van der Waals surface area (Å²) in [6.45, 7) is 7.94. The number of halogens is 1. The number of piperazine rings is 1. The first-order chi connectivity index (χ1) is 15.9. The molecule has 4 rings (SSSR count). The van der Waals surface area contributed by atoms with Crippen LogP contribution in [0, 0.1) is 6.92 Å². The summed E-state index contributed by atoms with van der Waals surface area (Å²) < 4.78 is 5.35. The van der Waals surface area contributed by atoms with Gasteiger partial charge in [-0.15, -0.1) is 0 Å². The molecule has 2 N–H and O–H groups in total. The van der Waals surface area contributed by atoms with Crippen LogP contribution >= 0.6 is 11.6 Å². The molecule has 7 nitrogen and oxygen atoms in total. The Morgan fingerprint density at radius 3 is 2.52 bits per heavy atom. The molecule has 0 aliphatic carbocycles. The normalized spacial score (nSPS) is 19.2. The number of amides is 2. The highest BCUT2D eigenvalue weighted by Gasteiger charge is 2.34. The van der Waals surface area contributed by atoms with Gasteiger partial charge < -0.3 is 20.3 Å². The van der Waals surface area contributed by atoms with Crippen molar-refractivity contribution in [3.8, 4) is 0 Å². The Kier molecular flexibility index (Phi) is 7.20. The fourth-order valence-electron chi connectivity index (χ4n) is 4.27. The average molecular weight is 469 g/mol. The van der Waals surface area contributed by atoms with Gasteiger partial charge in [0.2, 0.25) is 0 Å². The van der Waals surface area contributed by atoms with Gasteiger partial charge in [0.15, 0.2) is 0 Å². The molecule has 2 heterocycles. The number of nitrogens with zero attached hydrogens (tertiary/aromatic N) is 2. The van der Waals surface area contributed by atoms with Gasteiger partial charge in [-0.05, 0) is 43.7 Å². The lowest BCUT2D eigenvalue weighted by atomic mass is 9.95. The van der Waals surface area contributed by atoms with Crippen LogP contribution in [0.4, 0.5) is 10.5 Å². The monoisotopic (exact) mass is 468 g/mol. The standard InChI is InChI=1S/C25H29ClN4O3/c1-3-33-24(31)22-21(27-25(32)28-23(22)18-5-4-6-19(26)15-18)16-29-11-13-30(14-12-29)20-9-7-17(2)8-10-20/h4-10,15,23H,3,11-14,16H2,1-2H3,(H2,27,28,32)/t23-/m1/s1. The molecular weight excluding hydrogens is 440 g/mol. The molecular formula is C25H29ClN4O3. The minimum absolute atomic E-state index is 0.251. The van der Waals surface area contributed by atoms with Crippen molar-refractivity contribution in [1.82, 2.24) is 15.5 Å². The molecule has 174 valence electrons. The maximum Gasteiger partial charge on any atom is 0.338 e. The van der Waals surface area contributed by atoms with Crippen LogP contribution < -0.4 is 15.5 Å². The molecule has 1 saturated heterocycles. The van der Waals surface area contributed by atoms with E-state index in [0.717, 1.165) is 31.7 Å². The number of aryl methyl sites for hydroxylation is 1. The molecule has 2 aromatic carbocycles. The van der Waals surface area contributed by atoms with Crippen molar-refractivity contribution in [2.45, 2.75) is 19.9 Å². The predicted octanol–water partition coefficient (Wildman–Crippen LogP) is 3.64. The van der Waals surface area contributed by atoms with E-state index in [4.69, 9.17) is 16.3 Å². The van der Waals surface area contributed by atoms with Crippen LogP contribution in [-0.2, 0) is 9.53 Å². The molecule has 0 saturated carbocycles. The summed E-state index contributed by atoms with van der Waals surface area (Å²) in [7, 11) is 0. The van der Waals surface area contributed by atoms with Crippen molar-refractivity contribution >= 4 is 29.3 Å². The quantitative estimate of drug-likeness (QED) is 0.633. The highest BCUT2D eigenvalue weighted by atomic mass is 35.5. The minimum Gasteiger partial charge on any atom is -0.463 e. The average Bonchev–Trinajstić information content (AvgIpc) is 2.80. The second-order valence-electron chi connectivity index (χ2n) is 8.30. The van der Waals surface area contributed by atoms with Gasteiger partial charge in [0.1, 0.15) is 0 Å². The summed E-state index contributed by atoms with van der Waals surface area (Å²) >= 11 is 6.18. The molecule has 0 aromatic heterocycles. The van der Waals surface area contributed by atoms with Gasteiger partial charge >= 0.3 is 12.0 Å². The van der Waals surface area contributed by atoms with Crippen LogP contribution in [0.5, 0.6) is 0 Å². The number of urea groups is 1. The van der Waals surface area contributed by atoms with Gasteiger partial charge in [0.05, 0.1) is 18.2 Å². The number of ether oxygens (including phenoxy) is 1. The van der Waals surface area contributed by atoms with Gasteiger partial charge in [-0.3, -0.25) is 4.90 Å². The summed E-state index contributed by atoms with van der Waals surface area (Å²) in [5.74, 6) is -0.441. The SMILES string of the molecule is CCOC(=O)C1=C(CN2CCN(c3ccc(C)cc3)CC2)NC(=O)N[C@@H]1c1cccc(Cl)c1. The zero-order valence-electron chi connectivity index (χ0n) is 18.9. The molecule has 1 atom stereocenters. The molecule has 2 aliphatic rings. The summed E-state index contributed by atoms with van der Waals surface area (Å²) in [5.41, 5.74) is 4.18. The maximum atomic E-state index is 13.0. The fraction of sp³-hybridized carbons (Fsp3) is 0.360. The van der Waals surface area contributed by atoms with Crippen molar-refractivity contribution in [2.24, 2.45) is 0 Å². The molecule has 2 aliphatic heterocycles. The lowest BCUT2D eigenvalue weighted by Gasteiger charge is -2.38. The van der Waals surface area contributed by atoms with Crippen LogP contribution in [0.15, 0.2) is 59.8 Å². The highest BCUT2D eigenvalue weighted by molar-refractivity contribution is 6.30. The molecule has 2 amide bonds. The molecule has 33 heavy (non-hydrogen) atoms. The summed E-state index contributed by atoms with van der Waals surface area (Å²) in [6, 6.07) is 14.7. The molecule has 1 fully saturated rings. The summed E-state index contributed by atoms with van der Waals surface area (Å²) in [6.07, 6.45) is 0. The first kappa shape index (κ1) is 23.1. The Balaban J connectivity index is 1.55. The van der Waals surface area contributed by atoms with E-state index in [1.54, 1.807) is 25.1 Å². The van der Waals surface area contributed by atoms with Crippen molar-refractivity contribution < 1.29 is 14.3 Å². The van der Waals surface area contributed by atoms with E-state index in [1.165, 1.54) is 11.3 Å². The highest BCUT2D eigenvalue weighted by Crippen LogP contribution is 2.30. The molecule has 2 aromatic rings. The largest absolute Gasteiger partial charge is 0.463 e. The second-order valence-corrected chi connectivity index (χ2v) is 8.73. The third-order valence-corrected chi connectivity index (χ3v) is 6.22. The number of benzene rings is 2. The Morgan fingerprint density at radius 2 is 1.85 bits per heavy atom. The van der Waals surface area contributed by atoms with Crippen molar-refractivity contribution in [1.29, 1.82) is 0 Å². The molecule has 0 radical (unpaired) electrons. The Bertz CT molecular complexity index is 1050. The van der Waals surface area contributed by atoms with E-state index in [1.807, 2.05) is 6.07 Å². The van der Waals surface area contributed by atoms with Gasteiger partial charge in [-0.25, -0.2) is 9.59 Å². The van der Waals surface area contributed by atoms with Crippen LogP contribution in [0.25, 0.3) is 0 Å². The molecule has 8 heteroatoms. The van der Waals surface area contributed by atoms with Gasteiger partial charge in [0.25, 0.3) is 0 Å². The van der Waals surface area contributed by atoms with Crippen LogP contribution in [-0.4, -0.2) is 56.2 Å². The lowest BCUT2D eigenvalue weighted by Crippen LogP contribution is -2.51. The van der Waals surface area contributed by atoms with Crippen molar-refractivity contribution in [3.63, 3.8) is 0 Å². The Morgan fingerprint density at radius 1 is 1.12 bits per heavy atom. The van der Waals surface area contributed by atoms with Crippen LogP contribution in [0.2, 0.25) is 5.02 Å². The fourth-order valence-corrected chi connectivity index (χ4v) is 4.47. The number of nitrogens with one attached hydrogen (secondary N) is 2. The number of carbonyl (C=O) groups excluding carboxylic acids is 2. The van der Waals surface area contributed by atoms with Gasteiger partial charge in [0, 0.05) is 49.1 Å². The number of anilines is 1. The zero-order chi connectivity index (χ0) is 23.4. The Hall–Kier alpha value is -3.03. The van der Waals surface area contributed by atoms with E-state index < -0.39 is 12.0 Å². The van der Waals surface area contributed by atoms with E-state index in [0.29, 0.717) is 22.8 Å². The number of rotatable bonds is 6. The first-order valence-electron chi connectivity index (χ1n) is 11.2. The number of hydrogen-bond donors (Lipinski definition) is 2. The van der Waals surface area contributed by atoms with Gasteiger partial charge in [-0.2, -0.15) is 0 Å². The number of esters is 1. The Labute approximate surface area is 199 Å². The topological polar surface area (TPSA) is 73.9 Å². The first-order valence-corrected chi connectivity index (χ1v) is 11.6. The molecule has 0 bridgehead atoms. The second kappa shape index (κ2) is 10.3. The van der Waals surface area contributed by atoms with Crippen LogP contribution in [0.1, 0.15) is 24.1 Å². The summed E-state index contributed by atoms with van der Waals surface area (Å²) in [5, 5.41) is 6.25. The third kappa shape index (κ3) is 5.49. The van der Waals surface area contributed by atoms with E-state index in [9.17, 15) is 9.59 Å². The van der Waals surface area contributed by atoms with E-state index >= 15 is 0 Å². The maximum absolute atomic E-state index is 13.0. The van der Waals surface area contributed by atoms with Crippen molar-refractivity contribution in [3.05, 3.63) is 76.0 Å².